The maximum atomic E-state index is 9.62. The van der Waals surface area contributed by atoms with Crippen molar-refractivity contribution < 1.29 is 14.6 Å². The van der Waals surface area contributed by atoms with Crippen molar-refractivity contribution in [2.75, 3.05) is 6.61 Å². The smallest absolute Gasteiger partial charge is 0.280 e. The highest BCUT2D eigenvalue weighted by Gasteiger charge is 1.90. The fourth-order valence-electron chi connectivity index (χ4n) is 0.105. The van der Waals surface area contributed by atoms with Crippen molar-refractivity contribution in [2.45, 2.75) is 6.92 Å². The minimum absolute atomic E-state index is 0.318. The van der Waals surface area contributed by atoms with Crippen LogP contribution in [0.25, 0.3) is 0 Å². The SMILES string of the molecule is CCOOC(=O)Cl. The molecule has 0 unspecified atom stereocenters. The predicted octanol–water partition coefficient (Wildman–Crippen LogP) is 1.31. The van der Waals surface area contributed by atoms with E-state index in [1.807, 2.05) is 0 Å². The van der Waals surface area contributed by atoms with Gasteiger partial charge in [0.2, 0.25) is 0 Å². The number of carbonyl (C=O) groups is 1. The summed E-state index contributed by atoms with van der Waals surface area (Å²) in [7, 11) is 0. The maximum Gasteiger partial charge on any atom is 0.435 e. The highest BCUT2D eigenvalue weighted by Crippen LogP contribution is 1.85. The number of hydrogen-bond acceptors (Lipinski definition) is 3. The minimum Gasteiger partial charge on any atom is -0.280 e. The van der Waals surface area contributed by atoms with Gasteiger partial charge in [-0.3, -0.25) is 4.89 Å². The zero-order valence-electron chi connectivity index (χ0n) is 3.81. The van der Waals surface area contributed by atoms with E-state index in [0.29, 0.717) is 6.61 Å². The Morgan fingerprint density at radius 2 is 2.43 bits per heavy atom. The van der Waals surface area contributed by atoms with Crippen molar-refractivity contribution in [3.63, 3.8) is 0 Å². The molecule has 0 rings (SSSR count). The lowest BCUT2D eigenvalue weighted by Crippen LogP contribution is -1.94. The second-order valence-electron chi connectivity index (χ2n) is 0.727. The molecule has 0 amide bonds. The Morgan fingerprint density at radius 3 is 2.57 bits per heavy atom. The largest absolute Gasteiger partial charge is 0.435 e. The van der Waals surface area contributed by atoms with Crippen LogP contribution in [-0.4, -0.2) is 12.0 Å². The van der Waals surface area contributed by atoms with Crippen LogP contribution in [0.15, 0.2) is 0 Å². The van der Waals surface area contributed by atoms with Crippen molar-refractivity contribution in [2.24, 2.45) is 0 Å². The minimum atomic E-state index is -0.943. The summed E-state index contributed by atoms with van der Waals surface area (Å²) in [5, 5.41) is 0. The quantitative estimate of drug-likeness (QED) is 0.316. The Bertz CT molecular complexity index is 63.2. The first kappa shape index (κ1) is 6.72. The summed E-state index contributed by atoms with van der Waals surface area (Å²) in [5.74, 6) is 0. The van der Waals surface area contributed by atoms with Crippen molar-refractivity contribution in [1.82, 2.24) is 0 Å². The molecule has 42 valence electrons. The molecular weight excluding hydrogens is 119 g/mol. The average Bonchev–Trinajstić information content (AvgIpc) is 1.61. The van der Waals surface area contributed by atoms with Gasteiger partial charge in [0, 0.05) is 11.6 Å². The van der Waals surface area contributed by atoms with Gasteiger partial charge in [-0.2, -0.15) is 4.89 Å². The second kappa shape index (κ2) is 3.89. The van der Waals surface area contributed by atoms with E-state index in [1.165, 1.54) is 0 Å². The maximum absolute atomic E-state index is 9.62. The highest BCUT2D eigenvalue weighted by molar-refractivity contribution is 6.61. The zero-order chi connectivity index (χ0) is 5.70. The first-order valence-corrected chi connectivity index (χ1v) is 2.14. The Morgan fingerprint density at radius 1 is 1.86 bits per heavy atom. The Balaban J connectivity index is 2.82. The van der Waals surface area contributed by atoms with Gasteiger partial charge in [-0.1, -0.05) is 0 Å². The van der Waals surface area contributed by atoms with Crippen molar-refractivity contribution >= 4 is 17.0 Å². The molecule has 0 saturated carbocycles. The topological polar surface area (TPSA) is 35.5 Å². The van der Waals surface area contributed by atoms with Gasteiger partial charge in [0.25, 0.3) is 0 Å². The van der Waals surface area contributed by atoms with E-state index in [-0.39, 0.29) is 0 Å². The molecule has 0 heterocycles. The van der Waals surface area contributed by atoms with E-state index >= 15 is 0 Å². The third kappa shape index (κ3) is 5.72. The summed E-state index contributed by atoms with van der Waals surface area (Å²) < 4.78 is 0. The molecule has 7 heavy (non-hydrogen) atoms. The Labute approximate surface area is 46.1 Å². The first-order valence-electron chi connectivity index (χ1n) is 1.76. The van der Waals surface area contributed by atoms with Crippen LogP contribution in [0.4, 0.5) is 4.79 Å². The van der Waals surface area contributed by atoms with E-state index in [1.54, 1.807) is 6.92 Å². The zero-order valence-corrected chi connectivity index (χ0v) is 4.57. The van der Waals surface area contributed by atoms with Crippen molar-refractivity contribution in [3.05, 3.63) is 0 Å². The number of hydrogen-bond donors (Lipinski definition) is 0. The van der Waals surface area contributed by atoms with E-state index < -0.39 is 5.43 Å². The van der Waals surface area contributed by atoms with Crippen molar-refractivity contribution in [3.8, 4) is 0 Å². The van der Waals surface area contributed by atoms with E-state index in [0.717, 1.165) is 0 Å². The average molecular weight is 125 g/mol. The summed E-state index contributed by atoms with van der Waals surface area (Å²) in [4.78, 5) is 17.6. The number of halogens is 1. The fourth-order valence-corrected chi connectivity index (χ4v) is 0.150. The molecule has 0 saturated heterocycles. The molecule has 0 aromatic heterocycles. The molecule has 0 aromatic rings. The third-order valence-electron chi connectivity index (χ3n) is 0.242. The van der Waals surface area contributed by atoms with Gasteiger partial charge in [0.05, 0.1) is 6.61 Å². The van der Waals surface area contributed by atoms with Gasteiger partial charge in [0.15, 0.2) is 0 Å². The standard InChI is InChI=1S/C3H5ClO3/c1-2-6-7-3(4)5/h2H2,1H3. The van der Waals surface area contributed by atoms with Gasteiger partial charge < -0.3 is 0 Å². The molecule has 0 atom stereocenters. The molecule has 0 aromatic carbocycles. The lowest BCUT2D eigenvalue weighted by Gasteiger charge is -1.90. The van der Waals surface area contributed by atoms with Gasteiger partial charge in [-0.25, -0.2) is 4.79 Å². The molecule has 3 nitrogen and oxygen atoms in total. The Hall–Kier alpha value is -0.280. The molecule has 0 aliphatic rings. The molecule has 0 N–H and O–H groups in total. The normalized spacial score (nSPS) is 8.29. The highest BCUT2D eigenvalue weighted by atomic mass is 35.5. The molecular formula is C3H5ClO3. The van der Waals surface area contributed by atoms with E-state index in [2.05, 4.69) is 21.4 Å². The van der Waals surface area contributed by atoms with Crippen LogP contribution in [-0.2, 0) is 9.78 Å². The van der Waals surface area contributed by atoms with Gasteiger partial charge in [-0.05, 0) is 6.92 Å². The van der Waals surface area contributed by atoms with E-state index in [4.69, 9.17) is 0 Å². The summed E-state index contributed by atoms with van der Waals surface area (Å²) in [6, 6.07) is 0. The van der Waals surface area contributed by atoms with Crippen LogP contribution in [0.1, 0.15) is 6.92 Å². The number of carbonyl (C=O) groups excluding carboxylic acids is 1. The van der Waals surface area contributed by atoms with E-state index in [9.17, 15) is 4.79 Å². The first-order chi connectivity index (χ1) is 3.27. The van der Waals surface area contributed by atoms with Gasteiger partial charge >= 0.3 is 5.43 Å². The third-order valence-corrected chi connectivity index (χ3v) is 0.305. The summed E-state index contributed by atoms with van der Waals surface area (Å²) in [6.45, 7) is 2.00. The Kier molecular flexibility index (Phi) is 3.74. The molecule has 0 aliphatic heterocycles. The van der Waals surface area contributed by atoms with Crippen LogP contribution in [0.2, 0.25) is 0 Å². The molecule has 0 bridgehead atoms. The van der Waals surface area contributed by atoms with Crippen LogP contribution >= 0.6 is 11.6 Å². The second-order valence-corrected chi connectivity index (χ2v) is 1.04. The van der Waals surface area contributed by atoms with Gasteiger partial charge in [0.1, 0.15) is 0 Å². The fraction of sp³-hybridized carbons (Fsp3) is 0.667. The molecule has 0 fully saturated rings. The lowest BCUT2D eigenvalue weighted by atomic mass is 10.9. The lowest BCUT2D eigenvalue weighted by molar-refractivity contribution is -0.226. The van der Waals surface area contributed by atoms with Gasteiger partial charge in [-0.15, -0.1) is 0 Å². The van der Waals surface area contributed by atoms with Crippen LogP contribution in [0, 0.1) is 0 Å². The summed E-state index contributed by atoms with van der Waals surface area (Å²) in [6.07, 6.45) is 0. The molecule has 0 radical (unpaired) electrons. The van der Waals surface area contributed by atoms with Crippen LogP contribution < -0.4 is 0 Å². The number of rotatable bonds is 2. The summed E-state index contributed by atoms with van der Waals surface area (Å²) >= 11 is 4.67. The van der Waals surface area contributed by atoms with Crippen LogP contribution in [0.3, 0.4) is 0 Å². The monoisotopic (exact) mass is 124 g/mol. The molecule has 0 aliphatic carbocycles. The molecule has 4 heteroatoms. The molecule has 0 spiro atoms. The van der Waals surface area contributed by atoms with Crippen molar-refractivity contribution in [1.29, 1.82) is 0 Å². The predicted molar refractivity (Wildman–Crippen MR) is 24.0 cm³/mol. The van der Waals surface area contributed by atoms with Crippen LogP contribution in [0.5, 0.6) is 0 Å². The summed E-state index contributed by atoms with van der Waals surface area (Å²) in [5.41, 5.74) is -0.943.